The fourth-order valence-electron chi connectivity index (χ4n) is 0. The largest absolute Gasteiger partial charge is 0.323 e. The molecule has 0 amide bonds. The average molecular weight is 354 g/mol. The quantitative estimate of drug-likeness (QED) is 0.587. The molecule has 0 aliphatic rings. The molecule has 0 N–H and O–H groups in total. The SMILES string of the molecule is C.C.[3H]F.[3H]F.[CH2-]Br.[W]. The topological polar surface area (TPSA) is 0 Å². The van der Waals surface area contributed by atoms with Crippen molar-refractivity contribution in [3.63, 3.8) is 0 Å². The van der Waals surface area contributed by atoms with Gasteiger partial charge in [0, 0.05) is 21.1 Å². The molecule has 52 valence electrons. The van der Waals surface area contributed by atoms with E-state index in [0.29, 0.717) is 0 Å². The summed E-state index contributed by atoms with van der Waals surface area (Å²) < 4.78 is 26.0. The third-order valence-electron chi connectivity index (χ3n) is 0. The molecule has 0 unspecified atom stereocenters. The molecule has 0 rings (SSSR count). The Labute approximate surface area is 70.2 Å². The summed E-state index contributed by atoms with van der Waals surface area (Å²) in [6, 6.07) is 0. The second-order valence-electron chi connectivity index (χ2n) is 0. The molecule has 0 aliphatic heterocycles. The summed E-state index contributed by atoms with van der Waals surface area (Å²) in [5.74, 6) is 3.06. The number of halogens is 3. The zero-order chi connectivity index (χ0) is 6.00. The van der Waals surface area contributed by atoms with E-state index in [4.69, 9.17) is 9.44 Å². The molecule has 0 saturated heterocycles. The molecule has 0 radical (unpaired) electrons. The third kappa shape index (κ3) is 168. The maximum atomic E-state index is 8.75. The van der Waals surface area contributed by atoms with Gasteiger partial charge in [0.1, 0.15) is 0 Å². The molecule has 0 aromatic heterocycles. The van der Waals surface area contributed by atoms with Gasteiger partial charge in [-0.3, -0.25) is 15.3 Å². The maximum Gasteiger partial charge on any atom is 0.269 e. The van der Waals surface area contributed by atoms with E-state index in [1.807, 2.05) is 0 Å². The molecule has 0 heterocycles. The maximum absolute atomic E-state index is 8.75. The normalized spacial score (nSPS) is 2.86. The summed E-state index contributed by atoms with van der Waals surface area (Å²) in [5.41, 5.74) is 0. The van der Waals surface area contributed by atoms with Crippen LogP contribution in [0.15, 0.2) is 0 Å². The van der Waals surface area contributed by atoms with Gasteiger partial charge in [0.05, 0.1) is 0 Å². The van der Waals surface area contributed by atoms with Crippen molar-refractivity contribution in [1.82, 2.24) is 0 Å². The van der Waals surface area contributed by atoms with Gasteiger partial charge in [0.2, 0.25) is 0 Å². The Hall–Kier alpha value is 1.03. The van der Waals surface area contributed by atoms with Crippen LogP contribution in [0.2, 0.25) is 0 Å². The number of hydrogen-bond acceptors (Lipinski definition) is 0. The van der Waals surface area contributed by atoms with Crippen LogP contribution in [0, 0.1) is 5.83 Å². The van der Waals surface area contributed by atoms with Crippen molar-refractivity contribution in [2.45, 2.75) is 14.9 Å². The number of rotatable bonds is 0. The van der Waals surface area contributed by atoms with Crippen LogP contribution in [0.1, 0.15) is 14.9 Å². The van der Waals surface area contributed by atoms with Gasteiger partial charge >= 0.3 is 0 Å². The smallest absolute Gasteiger partial charge is 0.269 e. The standard InChI is InChI=1S/CH2Br.2CH4.2FH.W/c1-2;;;;;/h1H2;2*1H4;2*1H;/q-1;;;;;/i/hT2. The van der Waals surface area contributed by atoms with Crippen molar-refractivity contribution in [2.24, 2.45) is 0 Å². The van der Waals surface area contributed by atoms with Gasteiger partial charge in [0.25, 0.3) is 2.90 Å². The van der Waals surface area contributed by atoms with E-state index in [0.717, 1.165) is 0 Å². The van der Waals surface area contributed by atoms with Crippen LogP contribution in [-0.2, 0) is 21.1 Å². The van der Waals surface area contributed by atoms with Gasteiger partial charge in [-0.2, -0.15) is 0 Å². The second-order valence-corrected chi connectivity index (χ2v) is 0. The van der Waals surface area contributed by atoms with E-state index in [1.54, 1.807) is 0 Å². The molecule has 0 atom stereocenters. The van der Waals surface area contributed by atoms with Crippen molar-refractivity contribution in [3.05, 3.63) is 5.83 Å². The Morgan fingerprint density at radius 1 is 1.14 bits per heavy atom. The van der Waals surface area contributed by atoms with E-state index < -0.39 is 0 Å². The van der Waals surface area contributed by atoms with Crippen LogP contribution >= 0.6 is 15.9 Å². The van der Waals surface area contributed by atoms with Crippen LogP contribution in [0.3, 0.4) is 0 Å². The minimum Gasteiger partial charge on any atom is -0.323 e. The van der Waals surface area contributed by atoms with Crippen LogP contribution in [0.4, 0.5) is 9.44 Å². The molecule has 0 aromatic rings. The predicted octanol–water partition coefficient (Wildman–Crippen LogP) is 2.75. The molecule has 0 aliphatic carbocycles. The van der Waals surface area contributed by atoms with Gasteiger partial charge in [0.15, 0.2) is 0 Å². The Kier molecular flexibility index (Phi) is 843. The molecule has 0 spiro atoms. The molecular weight excluding hydrogens is 338 g/mol. The average Bonchev–Trinajstić information content (AvgIpc) is 1.81. The fraction of sp³-hybridized carbons (Fsp3) is 0.667. The number of hydrogen-bond donors (Lipinski definition) is 0. The summed E-state index contributed by atoms with van der Waals surface area (Å²) in [5, 5.41) is 0. The van der Waals surface area contributed by atoms with Crippen molar-refractivity contribution < 1.29 is 30.5 Å². The van der Waals surface area contributed by atoms with Gasteiger partial charge in [-0.25, -0.2) is 0 Å². The molecular formula is C3H12BrF2W-. The van der Waals surface area contributed by atoms with Gasteiger partial charge in [-0.1, -0.05) is 14.9 Å². The summed E-state index contributed by atoms with van der Waals surface area (Å²) in [4.78, 5) is 0. The van der Waals surface area contributed by atoms with Gasteiger partial charge in [-0.05, 0) is 0 Å². The Balaban J connectivity index is -0.00000000321. The monoisotopic (exact) mass is 353 g/mol. The van der Waals surface area contributed by atoms with E-state index in [-0.39, 0.29) is 35.9 Å². The first-order valence-corrected chi connectivity index (χ1v) is 1.39. The van der Waals surface area contributed by atoms with Crippen LogP contribution in [-0.4, -0.2) is 2.90 Å². The van der Waals surface area contributed by atoms with Gasteiger partial charge in [-0.15, -0.1) is 0 Å². The van der Waals surface area contributed by atoms with E-state index in [1.165, 1.54) is 0 Å². The summed E-state index contributed by atoms with van der Waals surface area (Å²) in [7, 11) is 0. The minimum atomic E-state index is 0. The van der Waals surface area contributed by atoms with Crippen LogP contribution < -0.4 is 0 Å². The van der Waals surface area contributed by atoms with Crippen LogP contribution in [0.5, 0.6) is 0 Å². The molecule has 0 saturated carbocycles. The van der Waals surface area contributed by atoms with Gasteiger partial charge < -0.3 is 15.9 Å². The summed E-state index contributed by atoms with van der Waals surface area (Å²) in [6.07, 6.45) is 0. The predicted molar refractivity (Wildman–Crippen MR) is 32.8 cm³/mol. The van der Waals surface area contributed by atoms with Crippen molar-refractivity contribution in [1.29, 1.82) is 2.90 Å². The molecule has 4 heteroatoms. The first-order chi connectivity index (χ1) is 3.00. The summed E-state index contributed by atoms with van der Waals surface area (Å²) >= 11 is 2.69. The molecule has 0 bridgehead atoms. The van der Waals surface area contributed by atoms with E-state index in [9.17, 15) is 0 Å². The first kappa shape index (κ1) is 24.4. The molecule has 0 aromatic carbocycles. The second kappa shape index (κ2) is 242. The van der Waals surface area contributed by atoms with E-state index in [2.05, 4.69) is 24.7 Å². The first-order valence-electron chi connectivity index (χ1n) is 1.02. The molecule has 7 heavy (non-hydrogen) atoms. The molecule has 0 fully saturated rings. The van der Waals surface area contributed by atoms with Crippen molar-refractivity contribution >= 4 is 15.9 Å². The van der Waals surface area contributed by atoms with E-state index >= 15 is 0 Å². The van der Waals surface area contributed by atoms with Crippen molar-refractivity contribution in [2.75, 3.05) is 0 Å². The molecule has 0 nitrogen and oxygen atoms in total. The zero-order valence-corrected chi connectivity index (χ0v) is 6.77. The van der Waals surface area contributed by atoms with Crippen molar-refractivity contribution in [3.8, 4) is 0 Å². The zero-order valence-electron chi connectivity index (χ0n) is 4.25. The van der Waals surface area contributed by atoms with Crippen LogP contribution in [0.25, 0.3) is 0 Å². The Morgan fingerprint density at radius 3 is 1.14 bits per heavy atom. The summed E-state index contributed by atoms with van der Waals surface area (Å²) in [6.45, 7) is 0. The Bertz CT molecular complexity index is 19.8. The fourth-order valence-corrected chi connectivity index (χ4v) is 0. The third-order valence-corrected chi connectivity index (χ3v) is 0. The Morgan fingerprint density at radius 2 is 1.14 bits per heavy atom. The minimum absolute atomic E-state index is 0.